The summed E-state index contributed by atoms with van der Waals surface area (Å²) >= 11 is 0. The number of amides is 3. The summed E-state index contributed by atoms with van der Waals surface area (Å²) in [6.45, 7) is 4.37. The zero-order valence-electron chi connectivity index (χ0n) is 25.9. The van der Waals surface area contributed by atoms with Gasteiger partial charge in [-0.3, -0.25) is 29.3 Å². The number of aromatic nitrogens is 2. The molecule has 15 heteroatoms. The summed E-state index contributed by atoms with van der Waals surface area (Å²) in [6, 6.07) is -0.588. The number of hydrogen-bond acceptors (Lipinski definition) is 11. The molecule has 0 fully saturated rings. The van der Waals surface area contributed by atoms with Gasteiger partial charge in [-0.25, -0.2) is 4.98 Å². The van der Waals surface area contributed by atoms with Gasteiger partial charge in [0.15, 0.2) is 5.78 Å². The van der Waals surface area contributed by atoms with E-state index in [1.165, 1.54) is 0 Å². The van der Waals surface area contributed by atoms with Crippen molar-refractivity contribution in [3.05, 3.63) is 18.2 Å². The van der Waals surface area contributed by atoms with E-state index in [2.05, 4.69) is 25.9 Å². The quantitative estimate of drug-likeness (QED) is 0.0692. The topological polar surface area (TPSA) is 213 Å². The van der Waals surface area contributed by atoms with Crippen molar-refractivity contribution in [2.24, 2.45) is 5.73 Å². The number of H-pyrrole nitrogens is 1. The number of nitrogens with two attached hydrogens (primary N) is 1. The van der Waals surface area contributed by atoms with Crippen LogP contribution in [0.25, 0.3) is 0 Å². The van der Waals surface area contributed by atoms with E-state index in [0.717, 1.165) is 12.1 Å². The minimum atomic E-state index is -0.588. The lowest BCUT2D eigenvalue weighted by Crippen LogP contribution is -2.43. The minimum absolute atomic E-state index is 0.000646. The Labute approximate surface area is 259 Å². The van der Waals surface area contributed by atoms with Crippen LogP contribution in [-0.2, 0) is 49.3 Å². The molecule has 0 radical (unpaired) electrons. The van der Waals surface area contributed by atoms with E-state index in [9.17, 15) is 24.0 Å². The Morgan fingerprint density at radius 1 is 0.818 bits per heavy atom. The predicted molar refractivity (Wildman–Crippen MR) is 161 cm³/mol. The van der Waals surface area contributed by atoms with Crippen LogP contribution in [0.1, 0.15) is 57.6 Å². The number of Topliss-reactive ketones (excluding diaryl/α,β-unsaturated/α-hetero) is 2. The van der Waals surface area contributed by atoms with Gasteiger partial charge >= 0.3 is 0 Å². The molecule has 0 aliphatic heterocycles. The van der Waals surface area contributed by atoms with Gasteiger partial charge in [0.1, 0.15) is 19.0 Å². The van der Waals surface area contributed by atoms with Crippen LogP contribution < -0.4 is 21.7 Å². The number of nitrogens with zero attached hydrogens (tertiary/aromatic N) is 1. The first-order valence-electron chi connectivity index (χ1n) is 15.2. The lowest BCUT2D eigenvalue weighted by atomic mass is 10.1. The second kappa shape index (κ2) is 26.2. The Hall–Kier alpha value is -3.24. The van der Waals surface area contributed by atoms with E-state index in [4.69, 9.17) is 24.7 Å². The van der Waals surface area contributed by atoms with Gasteiger partial charge in [-0.1, -0.05) is 19.8 Å². The normalized spacial score (nSPS) is 11.7. The number of aromatic amines is 1. The molecule has 250 valence electrons. The number of ether oxygens (including phenoxy) is 4. The molecule has 1 aromatic heterocycles. The highest BCUT2D eigenvalue weighted by molar-refractivity contribution is 5.83. The fraction of sp³-hybridized carbons (Fsp3) is 0.724. The molecule has 6 N–H and O–H groups in total. The van der Waals surface area contributed by atoms with Crippen molar-refractivity contribution in [1.29, 1.82) is 0 Å². The van der Waals surface area contributed by atoms with Crippen LogP contribution in [0, 0.1) is 0 Å². The van der Waals surface area contributed by atoms with Gasteiger partial charge in [0.05, 0.1) is 58.6 Å². The molecule has 0 saturated heterocycles. The van der Waals surface area contributed by atoms with Crippen LogP contribution in [0.15, 0.2) is 12.5 Å². The fourth-order valence-corrected chi connectivity index (χ4v) is 3.78. The number of ketones is 2. The largest absolute Gasteiger partial charge is 0.377 e. The number of carbonyl (C=O) groups is 5. The fourth-order valence-electron chi connectivity index (χ4n) is 3.78. The zero-order valence-corrected chi connectivity index (χ0v) is 25.9. The number of hydrogen-bond donors (Lipinski definition) is 5. The van der Waals surface area contributed by atoms with Crippen LogP contribution in [-0.4, -0.2) is 118 Å². The van der Waals surface area contributed by atoms with Crippen LogP contribution in [0.3, 0.4) is 0 Å². The number of unbranched alkanes of at least 4 members (excludes halogenated alkanes) is 2. The highest BCUT2D eigenvalue weighted by Crippen LogP contribution is 2.07. The minimum Gasteiger partial charge on any atom is -0.377 e. The molecule has 1 atom stereocenters. The van der Waals surface area contributed by atoms with Crippen LogP contribution in [0.5, 0.6) is 0 Å². The third kappa shape index (κ3) is 22.3. The molecule has 0 aromatic carbocycles. The summed E-state index contributed by atoms with van der Waals surface area (Å²) < 4.78 is 21.2. The van der Waals surface area contributed by atoms with Gasteiger partial charge in [0.2, 0.25) is 17.7 Å². The average molecular weight is 627 g/mol. The van der Waals surface area contributed by atoms with Gasteiger partial charge in [0, 0.05) is 44.2 Å². The Morgan fingerprint density at radius 2 is 1.48 bits per heavy atom. The number of aryl methyl sites for hydroxylation is 1. The summed E-state index contributed by atoms with van der Waals surface area (Å²) in [4.78, 5) is 65.4. The summed E-state index contributed by atoms with van der Waals surface area (Å²) in [7, 11) is 0. The van der Waals surface area contributed by atoms with E-state index < -0.39 is 11.9 Å². The van der Waals surface area contributed by atoms with Crippen molar-refractivity contribution in [3.63, 3.8) is 0 Å². The van der Waals surface area contributed by atoms with Crippen molar-refractivity contribution in [3.8, 4) is 0 Å². The number of carbonyl (C=O) groups excluding carboxylic acids is 5. The summed E-state index contributed by atoms with van der Waals surface area (Å²) in [5, 5.41) is 8.30. The van der Waals surface area contributed by atoms with E-state index in [1.54, 1.807) is 19.4 Å². The Kier molecular flexibility index (Phi) is 23.1. The molecule has 3 amide bonds. The number of rotatable bonds is 30. The Balaban J connectivity index is 1.91. The van der Waals surface area contributed by atoms with Gasteiger partial charge in [-0.05, 0) is 19.3 Å². The molecule has 0 saturated carbocycles. The molecule has 1 aromatic rings. The van der Waals surface area contributed by atoms with Crippen molar-refractivity contribution in [2.45, 2.75) is 64.3 Å². The van der Waals surface area contributed by atoms with E-state index >= 15 is 0 Å². The third-order valence-electron chi connectivity index (χ3n) is 6.26. The Bertz CT molecular complexity index is 946. The highest BCUT2D eigenvalue weighted by atomic mass is 16.5. The highest BCUT2D eigenvalue weighted by Gasteiger charge is 2.16. The third-order valence-corrected chi connectivity index (χ3v) is 6.26. The maximum atomic E-state index is 12.1. The van der Waals surface area contributed by atoms with Crippen molar-refractivity contribution in [1.82, 2.24) is 25.9 Å². The standard InChI is InChI=1S/C29H50N6O9/c1-2-27(38)32-10-12-41-15-17-44-21-28(39)33-11-13-42-14-16-43-20-25(37)6-4-3-5-7-26(29(30)40)34-19-24(36)9-8-23-18-31-22-35-23/h18,22,26,34H,2-17,19-21H2,1H3,(H2,30,40)(H,31,35)(H,32,38)(H,33,39). The Morgan fingerprint density at radius 3 is 2.11 bits per heavy atom. The molecular formula is C29H50N6O9. The van der Waals surface area contributed by atoms with E-state index in [0.29, 0.717) is 84.5 Å². The maximum Gasteiger partial charge on any atom is 0.246 e. The second-order valence-corrected chi connectivity index (χ2v) is 9.97. The van der Waals surface area contributed by atoms with Crippen molar-refractivity contribution < 1.29 is 42.9 Å². The zero-order chi connectivity index (χ0) is 32.3. The SMILES string of the molecule is CCC(=O)NCCOCCOCC(=O)NCCOCCOCC(=O)CCCCCC(NCC(=O)CCc1cnc[nH]1)C(N)=O. The first kappa shape index (κ1) is 38.8. The summed E-state index contributed by atoms with van der Waals surface area (Å²) in [6.07, 6.45) is 7.56. The molecule has 0 aliphatic rings. The van der Waals surface area contributed by atoms with Crippen LogP contribution >= 0.6 is 0 Å². The lowest BCUT2D eigenvalue weighted by Gasteiger charge is -2.14. The molecule has 1 rings (SSSR count). The second-order valence-electron chi connectivity index (χ2n) is 9.97. The van der Waals surface area contributed by atoms with Crippen molar-refractivity contribution in [2.75, 3.05) is 72.5 Å². The first-order valence-corrected chi connectivity index (χ1v) is 15.2. The van der Waals surface area contributed by atoms with Crippen molar-refractivity contribution >= 4 is 29.3 Å². The van der Waals surface area contributed by atoms with Gasteiger partial charge in [-0.2, -0.15) is 0 Å². The molecule has 0 spiro atoms. The molecule has 0 aliphatic carbocycles. The average Bonchev–Trinajstić information content (AvgIpc) is 3.53. The molecule has 1 heterocycles. The first-order chi connectivity index (χ1) is 21.3. The smallest absolute Gasteiger partial charge is 0.246 e. The maximum absolute atomic E-state index is 12.1. The monoisotopic (exact) mass is 626 g/mol. The van der Waals surface area contributed by atoms with E-state index in [1.807, 2.05) is 0 Å². The predicted octanol–water partition coefficient (Wildman–Crippen LogP) is -0.417. The van der Waals surface area contributed by atoms with Crippen LogP contribution in [0.2, 0.25) is 0 Å². The van der Waals surface area contributed by atoms with E-state index in [-0.39, 0.29) is 56.4 Å². The van der Waals surface area contributed by atoms with Gasteiger partial charge in [0.25, 0.3) is 0 Å². The molecule has 1 unspecified atom stereocenters. The molecule has 44 heavy (non-hydrogen) atoms. The number of primary amides is 1. The number of imidazole rings is 1. The lowest BCUT2D eigenvalue weighted by molar-refractivity contribution is -0.127. The molecular weight excluding hydrogens is 576 g/mol. The van der Waals surface area contributed by atoms with Gasteiger partial charge in [-0.15, -0.1) is 0 Å². The molecule has 15 nitrogen and oxygen atoms in total. The van der Waals surface area contributed by atoms with Crippen LogP contribution in [0.4, 0.5) is 0 Å². The summed E-state index contributed by atoms with van der Waals surface area (Å²) in [5.41, 5.74) is 6.34. The van der Waals surface area contributed by atoms with Gasteiger partial charge < -0.3 is 40.3 Å². The molecule has 0 bridgehead atoms. The summed E-state index contributed by atoms with van der Waals surface area (Å²) in [5.74, 6) is -0.821. The number of nitrogens with one attached hydrogen (secondary N) is 4.